The Morgan fingerprint density at radius 1 is 1.56 bits per heavy atom. The zero-order chi connectivity index (χ0) is 13.1. The van der Waals surface area contributed by atoms with Gasteiger partial charge >= 0.3 is 0 Å². The number of nitrogens with zero attached hydrogens (tertiary/aromatic N) is 3. The number of hydrogen-bond acceptors (Lipinski definition) is 4. The molecule has 0 aromatic carbocycles. The minimum Gasteiger partial charge on any atom is -0.394 e. The van der Waals surface area contributed by atoms with Crippen LogP contribution in [0.25, 0.3) is 0 Å². The fourth-order valence-corrected chi connectivity index (χ4v) is 2.59. The third-order valence-corrected chi connectivity index (χ3v) is 3.74. The van der Waals surface area contributed by atoms with E-state index in [9.17, 15) is 0 Å². The Kier molecular flexibility index (Phi) is 4.61. The maximum Gasteiger partial charge on any atom is 0.0933 e. The lowest BCUT2D eigenvalue weighted by atomic mass is 10.2. The van der Waals surface area contributed by atoms with E-state index in [0.29, 0.717) is 6.61 Å². The minimum absolute atomic E-state index is 0.0653. The van der Waals surface area contributed by atoms with Crippen LogP contribution in [0.2, 0.25) is 5.02 Å². The van der Waals surface area contributed by atoms with E-state index in [-0.39, 0.29) is 12.7 Å². The third kappa shape index (κ3) is 2.85. The van der Waals surface area contributed by atoms with Crippen LogP contribution < -0.4 is 0 Å². The summed E-state index contributed by atoms with van der Waals surface area (Å²) in [5, 5.41) is 14.3. The summed E-state index contributed by atoms with van der Waals surface area (Å²) in [6.45, 7) is 5.12. The Labute approximate surface area is 112 Å². The van der Waals surface area contributed by atoms with Gasteiger partial charge in [-0.25, -0.2) is 0 Å². The summed E-state index contributed by atoms with van der Waals surface area (Å²) < 4.78 is 7.29. The average Bonchev–Trinajstić information content (AvgIpc) is 2.66. The number of rotatable bonds is 4. The molecule has 1 fully saturated rings. The van der Waals surface area contributed by atoms with Gasteiger partial charge in [-0.15, -0.1) is 0 Å². The van der Waals surface area contributed by atoms with Crippen LogP contribution >= 0.6 is 11.6 Å². The minimum atomic E-state index is -0.0867. The molecule has 0 spiro atoms. The van der Waals surface area contributed by atoms with Crippen molar-refractivity contribution in [2.75, 3.05) is 26.3 Å². The lowest BCUT2D eigenvalue weighted by molar-refractivity contribution is -0.0556. The van der Waals surface area contributed by atoms with E-state index in [2.05, 4.69) is 16.9 Å². The van der Waals surface area contributed by atoms with Gasteiger partial charge in [-0.3, -0.25) is 9.58 Å². The summed E-state index contributed by atoms with van der Waals surface area (Å²) in [5.41, 5.74) is 1.98. The zero-order valence-electron chi connectivity index (χ0n) is 10.9. The van der Waals surface area contributed by atoms with Crippen LogP contribution in [0.4, 0.5) is 0 Å². The van der Waals surface area contributed by atoms with Gasteiger partial charge in [0.2, 0.25) is 0 Å². The molecular weight excluding hydrogens is 254 g/mol. The van der Waals surface area contributed by atoms with Gasteiger partial charge in [-0.1, -0.05) is 18.5 Å². The van der Waals surface area contributed by atoms with Crippen LogP contribution in [0.1, 0.15) is 18.3 Å². The number of morpholine rings is 1. The monoisotopic (exact) mass is 273 g/mol. The lowest BCUT2D eigenvalue weighted by Crippen LogP contribution is -2.43. The van der Waals surface area contributed by atoms with E-state index in [1.165, 1.54) is 0 Å². The first-order valence-electron chi connectivity index (χ1n) is 6.30. The normalized spacial score (nSPS) is 21.4. The Hall–Kier alpha value is -0.620. The number of halogens is 1. The molecule has 1 N–H and O–H groups in total. The number of hydrogen-bond donors (Lipinski definition) is 1. The van der Waals surface area contributed by atoms with Crippen molar-refractivity contribution in [3.05, 3.63) is 16.4 Å². The topological polar surface area (TPSA) is 50.5 Å². The van der Waals surface area contributed by atoms with Crippen LogP contribution in [-0.2, 0) is 24.8 Å². The number of aromatic nitrogens is 2. The highest BCUT2D eigenvalue weighted by molar-refractivity contribution is 6.31. The van der Waals surface area contributed by atoms with Crippen molar-refractivity contribution in [3.8, 4) is 0 Å². The van der Waals surface area contributed by atoms with Crippen molar-refractivity contribution in [2.45, 2.75) is 26.0 Å². The van der Waals surface area contributed by atoms with Crippen LogP contribution in [0.15, 0.2) is 0 Å². The van der Waals surface area contributed by atoms with E-state index in [1.54, 1.807) is 0 Å². The summed E-state index contributed by atoms with van der Waals surface area (Å²) in [5.74, 6) is 0. The van der Waals surface area contributed by atoms with E-state index in [0.717, 1.165) is 42.5 Å². The Bertz CT molecular complexity index is 408. The molecule has 1 aromatic rings. The fourth-order valence-electron chi connectivity index (χ4n) is 2.24. The first-order chi connectivity index (χ1) is 8.65. The van der Waals surface area contributed by atoms with Crippen LogP contribution in [0.3, 0.4) is 0 Å². The molecule has 1 aromatic heterocycles. The summed E-state index contributed by atoms with van der Waals surface area (Å²) >= 11 is 6.33. The van der Waals surface area contributed by atoms with Crippen molar-refractivity contribution in [1.29, 1.82) is 0 Å². The molecule has 0 radical (unpaired) electrons. The predicted molar refractivity (Wildman–Crippen MR) is 69.7 cm³/mol. The summed E-state index contributed by atoms with van der Waals surface area (Å²) in [4.78, 5) is 2.24. The number of ether oxygens (including phenoxy) is 1. The van der Waals surface area contributed by atoms with Gasteiger partial charge < -0.3 is 9.84 Å². The Morgan fingerprint density at radius 2 is 2.33 bits per heavy atom. The van der Waals surface area contributed by atoms with Crippen molar-refractivity contribution < 1.29 is 9.84 Å². The molecule has 1 saturated heterocycles. The van der Waals surface area contributed by atoms with Crippen molar-refractivity contribution in [3.63, 3.8) is 0 Å². The van der Waals surface area contributed by atoms with Crippen LogP contribution in [-0.4, -0.2) is 52.2 Å². The van der Waals surface area contributed by atoms with E-state index >= 15 is 0 Å². The standard InChI is InChI=1S/C12H20ClN3O2/c1-3-10-12(13)11(15(2)14-10)7-16-4-5-18-9(6-16)8-17/h9,17H,3-8H2,1-2H3. The fraction of sp³-hybridized carbons (Fsp3) is 0.750. The molecule has 0 bridgehead atoms. The Morgan fingerprint density at radius 3 is 2.94 bits per heavy atom. The van der Waals surface area contributed by atoms with Gasteiger partial charge in [0.05, 0.1) is 35.7 Å². The molecule has 1 aliphatic heterocycles. The number of aliphatic hydroxyl groups is 1. The molecule has 18 heavy (non-hydrogen) atoms. The highest BCUT2D eigenvalue weighted by Crippen LogP contribution is 2.22. The molecule has 2 heterocycles. The van der Waals surface area contributed by atoms with E-state index < -0.39 is 0 Å². The first kappa shape index (κ1) is 13.8. The second-order valence-corrected chi connectivity index (χ2v) is 4.97. The lowest BCUT2D eigenvalue weighted by Gasteiger charge is -2.31. The largest absolute Gasteiger partial charge is 0.394 e. The molecule has 6 heteroatoms. The number of aliphatic hydroxyl groups excluding tert-OH is 1. The molecule has 1 aliphatic rings. The van der Waals surface area contributed by atoms with Gasteiger partial charge in [0, 0.05) is 26.7 Å². The van der Waals surface area contributed by atoms with Gasteiger partial charge in [-0.05, 0) is 6.42 Å². The summed E-state index contributed by atoms with van der Waals surface area (Å²) in [6, 6.07) is 0. The van der Waals surface area contributed by atoms with Gasteiger partial charge in [0.1, 0.15) is 0 Å². The maximum atomic E-state index is 9.13. The molecule has 0 saturated carbocycles. The van der Waals surface area contributed by atoms with Crippen molar-refractivity contribution in [2.24, 2.45) is 7.05 Å². The smallest absolute Gasteiger partial charge is 0.0933 e. The summed E-state index contributed by atoms with van der Waals surface area (Å²) in [7, 11) is 1.92. The SMILES string of the molecule is CCc1nn(C)c(CN2CCOC(CO)C2)c1Cl. The molecule has 5 nitrogen and oxygen atoms in total. The maximum absolute atomic E-state index is 9.13. The van der Waals surface area contributed by atoms with Crippen molar-refractivity contribution >= 4 is 11.6 Å². The zero-order valence-corrected chi connectivity index (χ0v) is 11.7. The van der Waals surface area contributed by atoms with E-state index in [4.69, 9.17) is 21.4 Å². The van der Waals surface area contributed by atoms with Gasteiger partial charge in [-0.2, -0.15) is 5.10 Å². The molecular formula is C12H20ClN3O2. The average molecular weight is 274 g/mol. The summed E-state index contributed by atoms with van der Waals surface area (Å²) in [6.07, 6.45) is 0.756. The second-order valence-electron chi connectivity index (χ2n) is 4.60. The molecule has 1 unspecified atom stereocenters. The highest BCUT2D eigenvalue weighted by atomic mass is 35.5. The van der Waals surface area contributed by atoms with Gasteiger partial charge in [0.15, 0.2) is 0 Å². The van der Waals surface area contributed by atoms with Gasteiger partial charge in [0.25, 0.3) is 0 Å². The first-order valence-corrected chi connectivity index (χ1v) is 6.68. The molecule has 1 atom stereocenters. The quantitative estimate of drug-likeness (QED) is 0.883. The Balaban J connectivity index is 2.07. The molecule has 2 rings (SSSR count). The van der Waals surface area contributed by atoms with Crippen LogP contribution in [0, 0.1) is 0 Å². The third-order valence-electron chi connectivity index (χ3n) is 3.30. The highest BCUT2D eigenvalue weighted by Gasteiger charge is 2.22. The van der Waals surface area contributed by atoms with E-state index in [1.807, 2.05) is 11.7 Å². The second kappa shape index (κ2) is 6.02. The predicted octanol–water partition coefficient (Wildman–Crippen LogP) is 0.829. The van der Waals surface area contributed by atoms with Crippen LogP contribution in [0.5, 0.6) is 0 Å². The van der Waals surface area contributed by atoms with Crippen molar-refractivity contribution in [1.82, 2.24) is 14.7 Å². The molecule has 0 amide bonds. The molecule has 102 valence electrons. The number of aryl methyl sites for hydroxylation is 2. The molecule has 0 aliphatic carbocycles.